The Morgan fingerprint density at radius 2 is 1.50 bits per heavy atom. The molecule has 0 saturated carbocycles. The molecule has 2 rings (SSSR count). The summed E-state index contributed by atoms with van der Waals surface area (Å²) < 4.78 is 6.00. The van der Waals surface area contributed by atoms with E-state index in [-0.39, 0.29) is 13.3 Å². The summed E-state index contributed by atoms with van der Waals surface area (Å²) in [5.41, 5.74) is 6.05. The monoisotopic (exact) mass is 238 g/mol. The van der Waals surface area contributed by atoms with Gasteiger partial charge in [0.1, 0.15) is 5.85 Å². The lowest BCUT2D eigenvalue weighted by molar-refractivity contribution is 0.378. The summed E-state index contributed by atoms with van der Waals surface area (Å²) in [4.78, 5) is 0. The Morgan fingerprint density at radius 1 is 1.06 bits per heavy atom. The minimum Gasteiger partial charge on any atom is -0.345 e. The molecule has 0 spiro atoms. The fourth-order valence-corrected chi connectivity index (χ4v) is 5.57. The zero-order chi connectivity index (χ0) is 12.2. The van der Waals surface area contributed by atoms with Crippen LogP contribution in [0.25, 0.3) is 0 Å². The Balaban J connectivity index is 2.35. The van der Waals surface area contributed by atoms with Gasteiger partial charge < -0.3 is 4.52 Å². The van der Waals surface area contributed by atoms with Crippen LogP contribution >= 0.6 is 8.15 Å². The van der Waals surface area contributed by atoms with E-state index in [0.717, 1.165) is 0 Å². The molecule has 0 bridgehead atoms. The lowest BCUT2D eigenvalue weighted by Crippen LogP contribution is -2.21. The van der Waals surface area contributed by atoms with Crippen LogP contribution in [0, 0.1) is 5.92 Å². The van der Waals surface area contributed by atoms with Gasteiger partial charge >= 0.3 is 0 Å². The molecule has 1 aliphatic heterocycles. The molecule has 16 heavy (non-hydrogen) atoms. The van der Waals surface area contributed by atoms with E-state index >= 15 is 0 Å². The third-order valence-electron chi connectivity index (χ3n) is 4.57. The largest absolute Gasteiger partial charge is 0.345 e. The predicted octanol–water partition coefficient (Wildman–Crippen LogP) is 4.84. The highest BCUT2D eigenvalue weighted by Gasteiger charge is 2.57. The van der Waals surface area contributed by atoms with Crippen LogP contribution < -0.4 is 0 Å². The standard InChI is InChI=1S/C14H23OP/c1-8(2)13-15-16(13)14(7)11(5)9(3)10(4)12(14)6/h8,13H,1-7H3. The summed E-state index contributed by atoms with van der Waals surface area (Å²) in [7, 11) is -0.284. The molecule has 2 unspecified atom stereocenters. The lowest BCUT2D eigenvalue weighted by atomic mass is 9.98. The average molecular weight is 238 g/mol. The summed E-state index contributed by atoms with van der Waals surface area (Å²) in [6, 6.07) is 0. The van der Waals surface area contributed by atoms with Gasteiger partial charge in [-0.3, -0.25) is 0 Å². The number of rotatable bonds is 2. The summed E-state index contributed by atoms with van der Waals surface area (Å²) in [6.07, 6.45) is 0. The fourth-order valence-electron chi connectivity index (χ4n) is 2.75. The fraction of sp³-hybridized carbons (Fsp3) is 0.714. The van der Waals surface area contributed by atoms with Crippen molar-refractivity contribution < 1.29 is 4.52 Å². The zero-order valence-electron chi connectivity index (χ0n) is 11.5. The van der Waals surface area contributed by atoms with Gasteiger partial charge in [0.25, 0.3) is 0 Å². The Kier molecular flexibility index (Phi) is 2.84. The maximum absolute atomic E-state index is 6.00. The molecular weight excluding hydrogens is 215 g/mol. The molecular formula is C14H23OP. The van der Waals surface area contributed by atoms with Gasteiger partial charge in [-0.2, -0.15) is 0 Å². The SMILES string of the molecule is CC1=C(C)C(C)(P2OC2C(C)C)C(C)=C1C. The van der Waals surface area contributed by atoms with E-state index in [9.17, 15) is 0 Å². The molecule has 0 aromatic heterocycles. The van der Waals surface area contributed by atoms with Crippen LogP contribution in [0.15, 0.2) is 22.3 Å². The van der Waals surface area contributed by atoms with Crippen LogP contribution in [-0.2, 0) is 4.52 Å². The van der Waals surface area contributed by atoms with Crippen molar-refractivity contribution >= 4 is 8.15 Å². The molecule has 0 aromatic carbocycles. The topological polar surface area (TPSA) is 12.5 Å². The number of hydrogen-bond acceptors (Lipinski definition) is 1. The molecule has 0 N–H and O–H groups in total. The highest BCUT2D eigenvalue weighted by atomic mass is 31.2. The van der Waals surface area contributed by atoms with Crippen molar-refractivity contribution in [2.75, 3.05) is 0 Å². The maximum atomic E-state index is 6.00. The highest BCUT2D eigenvalue weighted by molar-refractivity contribution is 7.61. The average Bonchev–Trinajstić information content (AvgIpc) is 3.01. The lowest BCUT2D eigenvalue weighted by Gasteiger charge is -2.27. The van der Waals surface area contributed by atoms with Gasteiger partial charge in [-0.25, -0.2) is 0 Å². The van der Waals surface area contributed by atoms with Crippen molar-refractivity contribution in [3.05, 3.63) is 22.3 Å². The van der Waals surface area contributed by atoms with Crippen molar-refractivity contribution in [1.82, 2.24) is 0 Å². The zero-order valence-corrected chi connectivity index (χ0v) is 12.4. The minimum atomic E-state index is -0.284. The van der Waals surface area contributed by atoms with Crippen LogP contribution in [0.4, 0.5) is 0 Å². The van der Waals surface area contributed by atoms with Crippen LogP contribution in [0.1, 0.15) is 48.5 Å². The molecule has 0 aromatic rings. The molecule has 2 aliphatic rings. The Hall–Kier alpha value is -0.130. The van der Waals surface area contributed by atoms with E-state index in [1.165, 1.54) is 22.3 Å². The first-order chi connectivity index (χ1) is 7.31. The quantitative estimate of drug-likeness (QED) is 0.495. The summed E-state index contributed by atoms with van der Waals surface area (Å²) in [5.74, 6) is 1.17. The molecule has 1 nitrogen and oxygen atoms in total. The minimum absolute atomic E-state index is 0.221. The highest BCUT2D eigenvalue weighted by Crippen LogP contribution is 2.77. The van der Waals surface area contributed by atoms with Crippen molar-refractivity contribution in [3.63, 3.8) is 0 Å². The Morgan fingerprint density at radius 3 is 1.81 bits per heavy atom. The van der Waals surface area contributed by atoms with Crippen LogP contribution in [0.5, 0.6) is 0 Å². The summed E-state index contributed by atoms with van der Waals surface area (Å²) in [5, 5.41) is 0.221. The van der Waals surface area contributed by atoms with E-state index in [1.807, 2.05) is 0 Å². The normalized spacial score (nSPS) is 33.0. The Labute approximate surface area is 101 Å². The van der Waals surface area contributed by atoms with Gasteiger partial charge in [-0.15, -0.1) is 0 Å². The number of hydrogen-bond donors (Lipinski definition) is 0. The third kappa shape index (κ3) is 1.45. The summed E-state index contributed by atoms with van der Waals surface area (Å²) >= 11 is 0. The van der Waals surface area contributed by atoms with Crippen molar-refractivity contribution in [2.24, 2.45) is 5.92 Å². The molecule has 0 radical (unpaired) electrons. The molecule has 0 amide bonds. The van der Waals surface area contributed by atoms with Crippen molar-refractivity contribution in [3.8, 4) is 0 Å². The first-order valence-electron chi connectivity index (χ1n) is 6.14. The number of allylic oxidation sites excluding steroid dienone is 4. The second-order valence-electron chi connectivity index (χ2n) is 5.64. The van der Waals surface area contributed by atoms with Gasteiger partial charge in [0.15, 0.2) is 0 Å². The van der Waals surface area contributed by atoms with Gasteiger partial charge in [0.05, 0.1) is 13.3 Å². The smallest absolute Gasteiger partial charge is 0.109 e. The van der Waals surface area contributed by atoms with E-state index in [1.54, 1.807) is 0 Å². The summed E-state index contributed by atoms with van der Waals surface area (Å²) in [6.45, 7) is 16.0. The predicted molar refractivity (Wildman–Crippen MR) is 71.8 cm³/mol. The molecule has 1 fully saturated rings. The first-order valence-corrected chi connectivity index (χ1v) is 7.47. The molecule has 90 valence electrons. The second-order valence-corrected chi connectivity index (χ2v) is 7.90. The molecule has 1 saturated heterocycles. The molecule has 2 atom stereocenters. The molecule has 1 heterocycles. The first kappa shape index (κ1) is 12.3. The van der Waals surface area contributed by atoms with Gasteiger partial charge in [-0.1, -0.05) is 25.0 Å². The van der Waals surface area contributed by atoms with Crippen LogP contribution in [0.2, 0.25) is 0 Å². The van der Waals surface area contributed by atoms with Crippen LogP contribution in [0.3, 0.4) is 0 Å². The Bertz CT molecular complexity index is 366. The molecule has 2 heteroatoms. The van der Waals surface area contributed by atoms with Gasteiger partial charge in [0, 0.05) is 0 Å². The van der Waals surface area contributed by atoms with E-state index in [0.29, 0.717) is 11.8 Å². The second kappa shape index (κ2) is 3.68. The van der Waals surface area contributed by atoms with Crippen molar-refractivity contribution in [2.45, 2.75) is 59.5 Å². The third-order valence-corrected chi connectivity index (χ3v) is 7.53. The van der Waals surface area contributed by atoms with E-state index in [2.05, 4.69) is 48.5 Å². The van der Waals surface area contributed by atoms with E-state index < -0.39 is 0 Å². The van der Waals surface area contributed by atoms with Gasteiger partial charge in [-0.05, 0) is 51.7 Å². The van der Waals surface area contributed by atoms with E-state index in [4.69, 9.17) is 4.52 Å². The van der Waals surface area contributed by atoms with Crippen LogP contribution in [-0.4, -0.2) is 11.0 Å². The molecule has 1 aliphatic carbocycles. The maximum Gasteiger partial charge on any atom is 0.109 e. The van der Waals surface area contributed by atoms with Crippen molar-refractivity contribution in [1.29, 1.82) is 0 Å². The van der Waals surface area contributed by atoms with Gasteiger partial charge in [0.2, 0.25) is 0 Å².